The number of hydrogen-bond donors (Lipinski definition) is 1. The summed E-state index contributed by atoms with van der Waals surface area (Å²) in [5, 5.41) is 16.2. The summed E-state index contributed by atoms with van der Waals surface area (Å²) in [6.07, 6.45) is 6.03. The van der Waals surface area contributed by atoms with E-state index in [0.717, 1.165) is 24.1 Å². The first-order chi connectivity index (χ1) is 12.0. The molecule has 1 fully saturated rings. The predicted molar refractivity (Wildman–Crippen MR) is 90.1 cm³/mol. The summed E-state index contributed by atoms with van der Waals surface area (Å²) in [6.45, 7) is 7.22. The molecular weight excluding hydrogens is 320 g/mol. The van der Waals surface area contributed by atoms with Gasteiger partial charge in [0, 0.05) is 25.1 Å². The van der Waals surface area contributed by atoms with E-state index >= 15 is 0 Å². The molecule has 1 aliphatic heterocycles. The Hall–Kier alpha value is -2.22. The molecule has 0 bridgehead atoms. The molecule has 0 radical (unpaired) electrons. The van der Waals surface area contributed by atoms with Gasteiger partial charge < -0.3 is 10.1 Å². The Kier molecular flexibility index (Phi) is 3.87. The molecule has 4 rings (SSSR count). The maximum absolute atomic E-state index is 13.0. The first-order valence-electron chi connectivity index (χ1n) is 8.94. The highest BCUT2D eigenvalue weighted by Crippen LogP contribution is 2.41. The van der Waals surface area contributed by atoms with E-state index in [9.17, 15) is 4.79 Å². The molecule has 1 N–H and O–H groups in total. The van der Waals surface area contributed by atoms with Crippen molar-refractivity contribution in [3.63, 3.8) is 0 Å². The Morgan fingerprint density at radius 3 is 2.72 bits per heavy atom. The number of hydrogen-bond acceptors (Lipinski definition) is 5. The fraction of sp³-hybridized carbons (Fsp3) is 0.647. The first-order valence-corrected chi connectivity index (χ1v) is 8.94. The average molecular weight is 344 g/mol. The largest absolute Gasteiger partial charge is 0.369 e. The summed E-state index contributed by atoms with van der Waals surface area (Å²) in [5.74, 6) is -0.0738. The van der Waals surface area contributed by atoms with Crippen LogP contribution in [0.25, 0.3) is 0 Å². The van der Waals surface area contributed by atoms with Gasteiger partial charge in [-0.3, -0.25) is 9.48 Å². The zero-order chi connectivity index (χ0) is 17.6. The van der Waals surface area contributed by atoms with E-state index in [2.05, 4.69) is 20.6 Å². The molecular formula is C17H24N6O2. The van der Waals surface area contributed by atoms with Crippen LogP contribution in [0.5, 0.6) is 0 Å². The van der Waals surface area contributed by atoms with E-state index < -0.39 is 0 Å². The lowest BCUT2D eigenvalue weighted by molar-refractivity contribution is -0.00712. The number of aryl methyl sites for hydroxylation is 1. The molecule has 0 spiro atoms. The molecule has 0 aromatic carbocycles. The number of nitrogens with zero attached hydrogens (tertiary/aromatic N) is 5. The highest BCUT2D eigenvalue weighted by molar-refractivity contribution is 5.94. The fourth-order valence-electron chi connectivity index (χ4n) is 3.66. The summed E-state index contributed by atoms with van der Waals surface area (Å²) < 4.78 is 7.65. The number of carbonyl (C=O) groups excluding carboxylic acids is 1. The van der Waals surface area contributed by atoms with Crippen molar-refractivity contribution in [3.8, 4) is 0 Å². The summed E-state index contributed by atoms with van der Waals surface area (Å²) in [6, 6.07) is 0. The van der Waals surface area contributed by atoms with E-state index in [1.54, 1.807) is 21.9 Å². The number of ether oxygens (including phenoxy) is 1. The van der Waals surface area contributed by atoms with Crippen molar-refractivity contribution in [2.45, 2.75) is 64.3 Å². The van der Waals surface area contributed by atoms with Gasteiger partial charge >= 0.3 is 0 Å². The quantitative estimate of drug-likeness (QED) is 0.887. The van der Waals surface area contributed by atoms with E-state index in [0.29, 0.717) is 25.2 Å². The molecule has 25 heavy (non-hydrogen) atoms. The van der Waals surface area contributed by atoms with Crippen LogP contribution < -0.4 is 5.32 Å². The van der Waals surface area contributed by atoms with Gasteiger partial charge in [-0.05, 0) is 33.6 Å². The number of fused-ring (bicyclic) bond motifs is 1. The van der Waals surface area contributed by atoms with E-state index in [-0.39, 0.29) is 23.7 Å². The monoisotopic (exact) mass is 344 g/mol. The molecule has 0 unspecified atom stereocenters. The van der Waals surface area contributed by atoms with Gasteiger partial charge in [0.1, 0.15) is 5.69 Å². The van der Waals surface area contributed by atoms with Gasteiger partial charge in [0.05, 0.1) is 35.8 Å². The van der Waals surface area contributed by atoms with Crippen LogP contribution in [0.2, 0.25) is 0 Å². The van der Waals surface area contributed by atoms with Gasteiger partial charge in [0.2, 0.25) is 0 Å². The van der Waals surface area contributed by atoms with Gasteiger partial charge in [-0.15, -0.1) is 0 Å². The Morgan fingerprint density at radius 1 is 1.36 bits per heavy atom. The lowest BCUT2D eigenvalue weighted by Crippen LogP contribution is -2.38. The van der Waals surface area contributed by atoms with Crippen LogP contribution in [0.3, 0.4) is 0 Å². The Morgan fingerprint density at radius 2 is 2.08 bits per heavy atom. The lowest BCUT2D eigenvalue weighted by Gasteiger charge is -2.24. The molecule has 2 atom stereocenters. The summed E-state index contributed by atoms with van der Waals surface area (Å²) in [5.41, 5.74) is 2.41. The molecule has 1 amide bonds. The predicted octanol–water partition coefficient (Wildman–Crippen LogP) is 1.44. The van der Waals surface area contributed by atoms with Gasteiger partial charge in [-0.2, -0.15) is 20.1 Å². The summed E-state index contributed by atoms with van der Waals surface area (Å²) >= 11 is 0. The van der Waals surface area contributed by atoms with Gasteiger partial charge in [0.15, 0.2) is 0 Å². The van der Waals surface area contributed by atoms with E-state index in [4.69, 9.17) is 4.74 Å². The fourth-order valence-corrected chi connectivity index (χ4v) is 3.66. The van der Waals surface area contributed by atoms with Crippen molar-refractivity contribution in [2.75, 3.05) is 6.54 Å². The molecule has 2 aromatic heterocycles. The minimum absolute atomic E-state index is 0.0738. The Labute approximate surface area is 146 Å². The topological polar surface area (TPSA) is 86.9 Å². The van der Waals surface area contributed by atoms with E-state index in [1.807, 2.05) is 20.8 Å². The maximum Gasteiger partial charge on any atom is 0.269 e. The minimum atomic E-state index is -0.167. The molecule has 8 nitrogen and oxygen atoms in total. The molecule has 0 saturated heterocycles. The van der Waals surface area contributed by atoms with Crippen LogP contribution in [0.4, 0.5) is 0 Å². The summed E-state index contributed by atoms with van der Waals surface area (Å²) in [4.78, 5) is 14.7. The van der Waals surface area contributed by atoms with Gasteiger partial charge in [-0.25, -0.2) is 0 Å². The average Bonchev–Trinajstić information content (AvgIpc) is 3.02. The van der Waals surface area contributed by atoms with Gasteiger partial charge in [-0.1, -0.05) is 0 Å². The summed E-state index contributed by atoms with van der Waals surface area (Å²) in [7, 11) is 0. The molecule has 2 aliphatic rings. The lowest BCUT2D eigenvalue weighted by atomic mass is 9.99. The van der Waals surface area contributed by atoms with Crippen molar-refractivity contribution < 1.29 is 9.53 Å². The Bertz CT molecular complexity index is 777. The number of carbonyl (C=O) groups is 1. The highest BCUT2D eigenvalue weighted by Gasteiger charge is 2.47. The molecule has 1 aliphatic carbocycles. The molecule has 134 valence electrons. The Balaban J connectivity index is 1.56. The SMILES string of the molecule is CCn1nc2c(c1C(=O)NCC1(n3nccn3)CC1)C[C@H](C)O[C@@H]2C. The smallest absolute Gasteiger partial charge is 0.269 e. The maximum atomic E-state index is 13.0. The van der Waals surface area contributed by atoms with Crippen molar-refractivity contribution in [2.24, 2.45) is 0 Å². The second kappa shape index (κ2) is 5.94. The van der Waals surface area contributed by atoms with Crippen LogP contribution in [0.15, 0.2) is 12.4 Å². The third-order valence-corrected chi connectivity index (χ3v) is 5.16. The van der Waals surface area contributed by atoms with Crippen LogP contribution in [0, 0.1) is 0 Å². The number of amides is 1. The van der Waals surface area contributed by atoms with Crippen molar-refractivity contribution in [1.82, 2.24) is 30.1 Å². The van der Waals surface area contributed by atoms with Crippen molar-refractivity contribution in [3.05, 3.63) is 29.3 Å². The zero-order valence-electron chi connectivity index (χ0n) is 14.9. The zero-order valence-corrected chi connectivity index (χ0v) is 14.9. The van der Waals surface area contributed by atoms with Crippen molar-refractivity contribution in [1.29, 1.82) is 0 Å². The van der Waals surface area contributed by atoms with Crippen LogP contribution in [-0.2, 0) is 23.2 Å². The third-order valence-electron chi connectivity index (χ3n) is 5.16. The minimum Gasteiger partial charge on any atom is -0.369 e. The number of nitrogens with one attached hydrogen (secondary N) is 1. The number of aromatic nitrogens is 5. The van der Waals surface area contributed by atoms with Crippen LogP contribution in [0.1, 0.15) is 61.5 Å². The van der Waals surface area contributed by atoms with E-state index in [1.165, 1.54) is 0 Å². The molecule has 2 aromatic rings. The highest BCUT2D eigenvalue weighted by atomic mass is 16.5. The first kappa shape index (κ1) is 16.3. The van der Waals surface area contributed by atoms with Gasteiger partial charge in [0.25, 0.3) is 5.91 Å². The van der Waals surface area contributed by atoms with Crippen molar-refractivity contribution >= 4 is 5.91 Å². The molecule has 8 heteroatoms. The molecule has 1 saturated carbocycles. The standard InChI is InChI=1S/C17H24N6O2/c1-4-22-15(13-9-11(2)25-12(3)14(13)21-22)16(24)18-10-17(5-6-17)23-19-7-8-20-23/h7-8,11-12H,4-6,9-10H2,1-3H3,(H,18,24)/t11-,12+/m0/s1. The number of rotatable bonds is 5. The third kappa shape index (κ3) is 2.74. The second-order valence-corrected chi connectivity index (χ2v) is 7.05. The normalized spacial score (nSPS) is 24.0. The van der Waals surface area contributed by atoms with Crippen LogP contribution in [-0.4, -0.2) is 43.3 Å². The van der Waals surface area contributed by atoms with Crippen LogP contribution >= 0.6 is 0 Å². The second-order valence-electron chi connectivity index (χ2n) is 7.05. The molecule has 3 heterocycles.